The molecule has 0 atom stereocenters. The predicted molar refractivity (Wildman–Crippen MR) is 81.7 cm³/mol. The number of hydrogen-bond acceptors (Lipinski definition) is 0. The standard InChI is InChI=1S/C17H21Si.3ClH.Ti/c1-2-15-10-11-17(14-15)18(12-6-7-13-18)16-8-4-3-5-9-16;;;;/h3-5,8-11,14H,2,6-7,12-13H2,1H3;3*1H;/q-1;;;;+4/p-3. The van der Waals surface area contributed by atoms with Gasteiger partial charge in [-0.2, -0.15) is 22.9 Å². The molecule has 0 aliphatic carbocycles. The largest absolute Gasteiger partial charge is 4.00 e. The van der Waals surface area contributed by atoms with Gasteiger partial charge in [-0.15, -0.1) is 0 Å². The Labute approximate surface area is 169 Å². The number of rotatable bonds is 3. The van der Waals surface area contributed by atoms with Crippen molar-refractivity contribution in [2.75, 3.05) is 0 Å². The first-order valence-electron chi connectivity index (χ1n) is 7.17. The molecule has 2 aromatic rings. The van der Waals surface area contributed by atoms with Crippen molar-refractivity contribution < 1.29 is 58.9 Å². The summed E-state index contributed by atoms with van der Waals surface area (Å²) in [4.78, 5) is 0. The molecule has 0 nitrogen and oxygen atoms in total. The van der Waals surface area contributed by atoms with E-state index in [9.17, 15) is 0 Å². The van der Waals surface area contributed by atoms with Crippen LogP contribution in [0.3, 0.4) is 0 Å². The molecule has 1 aliphatic heterocycles. The van der Waals surface area contributed by atoms with Crippen LogP contribution >= 0.6 is 0 Å². The third-order valence-corrected chi connectivity index (χ3v) is 9.83. The fraction of sp³-hybridized carbons (Fsp3) is 0.353. The summed E-state index contributed by atoms with van der Waals surface area (Å²) in [6, 6.07) is 21.5. The summed E-state index contributed by atoms with van der Waals surface area (Å²) in [5.74, 6) is 0. The van der Waals surface area contributed by atoms with E-state index in [0.717, 1.165) is 0 Å². The van der Waals surface area contributed by atoms with Crippen molar-refractivity contribution in [3.05, 3.63) is 54.1 Å². The zero-order valence-corrected chi connectivity index (χ0v) is 17.6. The second-order valence-electron chi connectivity index (χ2n) is 5.52. The summed E-state index contributed by atoms with van der Waals surface area (Å²) in [5, 5.41) is 3.33. The van der Waals surface area contributed by atoms with Crippen molar-refractivity contribution in [1.29, 1.82) is 0 Å². The van der Waals surface area contributed by atoms with E-state index >= 15 is 0 Å². The normalized spacial score (nSPS) is 14.8. The third-order valence-electron chi connectivity index (χ3n) is 4.56. The van der Waals surface area contributed by atoms with Gasteiger partial charge in [-0.25, -0.2) is 6.07 Å². The first kappa shape index (κ1) is 24.6. The summed E-state index contributed by atoms with van der Waals surface area (Å²) >= 11 is 0. The van der Waals surface area contributed by atoms with Crippen molar-refractivity contribution >= 4 is 18.4 Å². The van der Waals surface area contributed by atoms with Crippen LogP contribution in [-0.4, -0.2) is 8.07 Å². The predicted octanol–water partition coefficient (Wildman–Crippen LogP) is -5.67. The van der Waals surface area contributed by atoms with Crippen molar-refractivity contribution in [2.45, 2.75) is 38.3 Å². The van der Waals surface area contributed by atoms with E-state index in [1.165, 1.54) is 36.9 Å². The van der Waals surface area contributed by atoms with E-state index in [0.29, 0.717) is 0 Å². The molecule has 5 heteroatoms. The van der Waals surface area contributed by atoms with Gasteiger partial charge >= 0.3 is 21.7 Å². The smallest absolute Gasteiger partial charge is 1.00 e. The van der Waals surface area contributed by atoms with Crippen LogP contribution < -0.4 is 47.6 Å². The Kier molecular flexibility index (Phi) is 12.3. The van der Waals surface area contributed by atoms with Gasteiger partial charge in [0.15, 0.2) is 0 Å². The van der Waals surface area contributed by atoms with E-state index in [1.807, 2.05) is 0 Å². The molecule has 118 valence electrons. The van der Waals surface area contributed by atoms with Crippen LogP contribution in [0.1, 0.15) is 25.3 Å². The van der Waals surface area contributed by atoms with Crippen LogP contribution in [0.5, 0.6) is 0 Å². The molecule has 2 aromatic carbocycles. The molecule has 0 amide bonds. The molecular formula is C17H21Cl3SiTi. The van der Waals surface area contributed by atoms with Gasteiger partial charge in [0.2, 0.25) is 0 Å². The first-order chi connectivity index (χ1) is 8.85. The fourth-order valence-electron chi connectivity index (χ4n) is 3.49. The van der Waals surface area contributed by atoms with E-state index in [-0.39, 0.29) is 58.9 Å². The van der Waals surface area contributed by atoms with Gasteiger partial charge in [0, 0.05) is 0 Å². The van der Waals surface area contributed by atoms with Gasteiger partial charge < -0.3 is 37.2 Å². The van der Waals surface area contributed by atoms with E-state index in [2.05, 4.69) is 55.5 Å². The molecule has 1 heterocycles. The van der Waals surface area contributed by atoms with E-state index in [1.54, 1.807) is 10.4 Å². The Morgan fingerprint density at radius 3 is 2.05 bits per heavy atom. The maximum Gasteiger partial charge on any atom is 4.00 e. The summed E-state index contributed by atoms with van der Waals surface area (Å²) in [6.07, 6.45) is 4.01. The molecule has 0 saturated carbocycles. The van der Waals surface area contributed by atoms with Crippen LogP contribution in [0, 0.1) is 0 Å². The molecule has 0 spiro atoms. The van der Waals surface area contributed by atoms with E-state index < -0.39 is 8.07 Å². The molecule has 22 heavy (non-hydrogen) atoms. The Balaban J connectivity index is 0. The molecule has 0 aromatic heterocycles. The van der Waals surface area contributed by atoms with Crippen LogP contribution in [0.2, 0.25) is 12.1 Å². The van der Waals surface area contributed by atoms with Crippen molar-refractivity contribution in [2.24, 2.45) is 0 Å². The molecule has 1 aliphatic rings. The third kappa shape index (κ3) is 4.69. The number of hydrogen-bond donors (Lipinski definition) is 0. The SMILES string of the molecule is CCc1cc[c-]([Si]2(c3ccccc3)CCCC2)c1.[Cl-].[Cl-].[Cl-].[Ti+4]. The maximum atomic E-state index is 2.49. The van der Waals surface area contributed by atoms with Crippen LogP contribution in [0.25, 0.3) is 0 Å². The maximum absolute atomic E-state index is 2.49. The number of benzene rings is 1. The minimum atomic E-state index is -1.38. The summed E-state index contributed by atoms with van der Waals surface area (Å²) in [6.45, 7) is 2.25. The zero-order valence-electron chi connectivity index (χ0n) is 12.8. The molecule has 0 N–H and O–H groups in total. The van der Waals surface area contributed by atoms with Crippen molar-refractivity contribution in [3.8, 4) is 0 Å². The Bertz CT molecular complexity index is 522. The van der Waals surface area contributed by atoms with Crippen molar-refractivity contribution in [1.82, 2.24) is 0 Å². The summed E-state index contributed by atoms with van der Waals surface area (Å²) in [7, 11) is -1.38. The zero-order chi connectivity index (χ0) is 12.4. The fourth-order valence-corrected chi connectivity index (χ4v) is 8.63. The second-order valence-corrected chi connectivity index (χ2v) is 9.84. The minimum Gasteiger partial charge on any atom is -1.00 e. The molecule has 0 bridgehead atoms. The minimum absolute atomic E-state index is 0. The Hall–Kier alpha value is 0.371. The van der Waals surface area contributed by atoms with Gasteiger partial charge in [-0.1, -0.05) is 73.8 Å². The van der Waals surface area contributed by atoms with Gasteiger partial charge in [0.25, 0.3) is 0 Å². The van der Waals surface area contributed by atoms with Crippen molar-refractivity contribution in [3.63, 3.8) is 0 Å². The monoisotopic (exact) mass is 406 g/mol. The number of aryl methyl sites for hydroxylation is 1. The second kappa shape index (κ2) is 11.0. The quantitative estimate of drug-likeness (QED) is 0.352. The first-order valence-corrected chi connectivity index (χ1v) is 9.58. The van der Waals surface area contributed by atoms with Gasteiger partial charge in [0.1, 0.15) is 0 Å². The molecule has 1 fully saturated rings. The summed E-state index contributed by atoms with van der Waals surface area (Å²) < 4.78 is 0. The molecule has 0 unspecified atom stereocenters. The van der Waals surface area contributed by atoms with E-state index in [4.69, 9.17) is 0 Å². The molecule has 0 radical (unpaired) electrons. The number of halogens is 3. The Morgan fingerprint density at radius 1 is 0.955 bits per heavy atom. The van der Waals surface area contributed by atoms with Gasteiger partial charge in [-0.05, 0) is 0 Å². The Morgan fingerprint density at radius 2 is 1.55 bits per heavy atom. The summed E-state index contributed by atoms with van der Waals surface area (Å²) in [5.41, 5.74) is 1.51. The molecule has 1 saturated heterocycles. The van der Waals surface area contributed by atoms with Gasteiger partial charge in [0.05, 0.1) is 8.07 Å². The average Bonchev–Trinajstić information content (AvgIpc) is 3.09. The average molecular weight is 408 g/mol. The van der Waals surface area contributed by atoms with Crippen LogP contribution in [0.15, 0.2) is 48.5 Å². The van der Waals surface area contributed by atoms with Crippen LogP contribution in [0.4, 0.5) is 0 Å². The topological polar surface area (TPSA) is 0 Å². The van der Waals surface area contributed by atoms with Gasteiger partial charge in [-0.3, -0.25) is 0 Å². The van der Waals surface area contributed by atoms with Crippen LogP contribution in [-0.2, 0) is 28.1 Å². The molecular weight excluding hydrogens is 386 g/mol. The molecule has 3 rings (SSSR count).